The number of ether oxygens (including phenoxy) is 1. The Hall–Kier alpha value is -0.290. The van der Waals surface area contributed by atoms with Crippen LogP contribution in [0.2, 0.25) is 0 Å². The molecule has 0 spiro atoms. The second-order valence-electron chi connectivity index (χ2n) is 0.948. The molecule has 0 rings (SSSR count). The van der Waals surface area contributed by atoms with Crippen molar-refractivity contribution >= 4 is 35.2 Å². The van der Waals surface area contributed by atoms with Crippen LogP contribution in [-0.4, -0.2) is 22.1 Å². The highest BCUT2D eigenvalue weighted by Crippen LogP contribution is 1.85. The van der Waals surface area contributed by atoms with Crippen molar-refractivity contribution in [2.24, 2.45) is 0 Å². The molecule has 0 amide bonds. The molecule has 0 fully saturated rings. The normalized spacial score (nSPS) is 8.12. The molecule has 1 N–H and O–H groups in total. The Bertz CT molecular complexity index is 97.1. The summed E-state index contributed by atoms with van der Waals surface area (Å²) in [5.41, 5.74) is 0. The topological polar surface area (TPSA) is 46.5 Å². The number of carboxylic acids is 1. The Morgan fingerprint density at radius 2 is 2.38 bits per heavy atom. The molecule has 8 heavy (non-hydrogen) atoms. The van der Waals surface area contributed by atoms with Gasteiger partial charge in [-0.15, -0.1) is 0 Å². The summed E-state index contributed by atoms with van der Waals surface area (Å²) >= 11 is 7.81. The summed E-state index contributed by atoms with van der Waals surface area (Å²) in [6.45, 7) is -0.414. The summed E-state index contributed by atoms with van der Waals surface area (Å²) in [6.07, 6.45) is 0. The highest BCUT2D eigenvalue weighted by molar-refractivity contribution is 8.10. The van der Waals surface area contributed by atoms with Crippen molar-refractivity contribution in [3.05, 3.63) is 0 Å². The van der Waals surface area contributed by atoms with E-state index in [1.807, 2.05) is 0 Å². The van der Waals surface area contributed by atoms with E-state index in [4.69, 9.17) is 5.11 Å². The first-order valence-electron chi connectivity index (χ1n) is 1.70. The second kappa shape index (κ2) is 3.68. The zero-order chi connectivity index (χ0) is 6.57. The molecule has 5 heteroatoms. The lowest BCUT2D eigenvalue weighted by atomic mass is 10.8. The zero-order valence-electron chi connectivity index (χ0n) is 3.83. The van der Waals surface area contributed by atoms with Crippen molar-refractivity contribution in [1.29, 1.82) is 0 Å². The molecule has 0 aliphatic carbocycles. The Morgan fingerprint density at radius 1 is 1.88 bits per heavy atom. The van der Waals surface area contributed by atoms with Gasteiger partial charge in [0.05, 0.1) is 0 Å². The minimum Gasteiger partial charge on any atom is -0.479 e. The van der Waals surface area contributed by atoms with Gasteiger partial charge in [-0.05, 0) is 12.2 Å². The molecule has 0 saturated heterocycles. The first-order valence-corrected chi connectivity index (χ1v) is 2.56. The van der Waals surface area contributed by atoms with E-state index in [2.05, 4.69) is 29.6 Å². The van der Waals surface area contributed by atoms with Gasteiger partial charge in [-0.1, -0.05) is 12.6 Å². The van der Waals surface area contributed by atoms with Crippen LogP contribution in [0.25, 0.3) is 0 Å². The third-order valence-electron chi connectivity index (χ3n) is 0.319. The summed E-state index contributed by atoms with van der Waals surface area (Å²) in [7, 11) is 0. The number of hydrogen-bond acceptors (Lipinski definition) is 3. The molecule has 0 unspecified atom stereocenters. The van der Waals surface area contributed by atoms with Gasteiger partial charge in [0.25, 0.3) is 0 Å². The van der Waals surface area contributed by atoms with Gasteiger partial charge in [0.15, 0.2) is 6.61 Å². The summed E-state index contributed by atoms with van der Waals surface area (Å²) in [5.74, 6) is -1.05. The van der Waals surface area contributed by atoms with Crippen LogP contribution >= 0.6 is 24.8 Å². The van der Waals surface area contributed by atoms with E-state index in [0.29, 0.717) is 0 Å². The van der Waals surface area contributed by atoms with Gasteiger partial charge in [-0.25, -0.2) is 4.79 Å². The van der Waals surface area contributed by atoms with Crippen LogP contribution in [0.4, 0.5) is 0 Å². The van der Waals surface area contributed by atoms with Crippen molar-refractivity contribution in [2.75, 3.05) is 6.61 Å². The molecule has 0 aromatic heterocycles. The van der Waals surface area contributed by atoms with Crippen molar-refractivity contribution in [3.63, 3.8) is 0 Å². The van der Waals surface area contributed by atoms with Crippen LogP contribution in [0.1, 0.15) is 0 Å². The molecule has 0 aromatic carbocycles. The van der Waals surface area contributed by atoms with Crippen molar-refractivity contribution in [3.8, 4) is 0 Å². The van der Waals surface area contributed by atoms with E-state index >= 15 is 0 Å². The van der Waals surface area contributed by atoms with Gasteiger partial charge < -0.3 is 9.84 Å². The molecule has 0 bridgehead atoms. The first-order chi connectivity index (χ1) is 3.63. The highest BCUT2D eigenvalue weighted by atomic mass is 32.1. The number of carbonyl (C=O) groups is 1. The van der Waals surface area contributed by atoms with Crippen LogP contribution in [0.15, 0.2) is 0 Å². The Morgan fingerprint density at radius 3 is 2.50 bits per heavy atom. The Kier molecular flexibility index (Phi) is 3.55. The van der Waals surface area contributed by atoms with E-state index in [1.54, 1.807) is 0 Å². The lowest BCUT2D eigenvalue weighted by molar-refractivity contribution is -0.139. The molecule has 0 saturated carbocycles. The van der Waals surface area contributed by atoms with Crippen molar-refractivity contribution in [2.45, 2.75) is 0 Å². The van der Waals surface area contributed by atoms with Crippen LogP contribution in [-0.2, 0) is 9.53 Å². The molecule has 0 aliphatic rings. The molecule has 46 valence electrons. The molecule has 0 aromatic rings. The van der Waals surface area contributed by atoms with Gasteiger partial charge in [0.2, 0.25) is 4.38 Å². The fourth-order valence-corrected chi connectivity index (χ4v) is 0.247. The van der Waals surface area contributed by atoms with Crippen molar-refractivity contribution < 1.29 is 14.6 Å². The highest BCUT2D eigenvalue weighted by Gasteiger charge is 1.95. The monoisotopic (exact) mass is 152 g/mol. The predicted molar refractivity (Wildman–Crippen MR) is 35.2 cm³/mol. The van der Waals surface area contributed by atoms with E-state index in [1.165, 1.54) is 0 Å². The quantitative estimate of drug-likeness (QED) is 0.441. The summed E-state index contributed by atoms with van der Waals surface area (Å²) in [6, 6.07) is 0. The molecular formula is C3H4O3S2. The van der Waals surface area contributed by atoms with E-state index in [-0.39, 0.29) is 4.38 Å². The zero-order valence-corrected chi connectivity index (χ0v) is 5.54. The minimum atomic E-state index is -1.05. The summed E-state index contributed by atoms with van der Waals surface area (Å²) < 4.78 is 4.25. The Balaban J connectivity index is 3.18. The lowest BCUT2D eigenvalue weighted by Gasteiger charge is -1.94. The van der Waals surface area contributed by atoms with Crippen molar-refractivity contribution in [1.82, 2.24) is 0 Å². The number of aliphatic carboxylic acids is 1. The molecule has 0 aliphatic heterocycles. The molecular weight excluding hydrogens is 148 g/mol. The average molecular weight is 152 g/mol. The van der Waals surface area contributed by atoms with Gasteiger partial charge in [0.1, 0.15) is 0 Å². The third kappa shape index (κ3) is 5.71. The lowest BCUT2D eigenvalue weighted by Crippen LogP contribution is -2.07. The van der Waals surface area contributed by atoms with Crippen LogP contribution in [0.3, 0.4) is 0 Å². The maximum Gasteiger partial charge on any atom is 0.341 e. The maximum atomic E-state index is 9.69. The number of hydrogen-bond donors (Lipinski definition) is 2. The minimum absolute atomic E-state index is 0.0487. The number of thiocarbonyl (C=S) groups is 1. The average Bonchev–Trinajstić information content (AvgIpc) is 1.61. The molecule has 0 heterocycles. The SMILES string of the molecule is O=C(O)COC(=S)S. The van der Waals surface area contributed by atoms with Gasteiger partial charge in [-0.2, -0.15) is 0 Å². The fourth-order valence-electron chi connectivity index (χ4n) is 0.123. The first kappa shape index (κ1) is 7.71. The molecule has 0 atom stereocenters. The predicted octanol–water partition coefficient (Wildman–Crippen LogP) is 0.302. The summed E-state index contributed by atoms with van der Waals surface area (Å²) in [5, 5.41) is 7.94. The maximum absolute atomic E-state index is 9.69. The standard InChI is InChI=1S/C3H4O3S2/c4-2(5)1-6-3(7)8/h1H2,(H,4,5)(H,7,8). The number of carboxylic acid groups (broad SMARTS) is 1. The largest absolute Gasteiger partial charge is 0.479 e. The molecule has 3 nitrogen and oxygen atoms in total. The van der Waals surface area contributed by atoms with Crippen LogP contribution in [0.5, 0.6) is 0 Å². The fraction of sp³-hybridized carbons (Fsp3) is 0.333. The second-order valence-corrected chi connectivity index (χ2v) is 2.03. The van der Waals surface area contributed by atoms with E-state index < -0.39 is 12.6 Å². The van der Waals surface area contributed by atoms with Crippen LogP contribution in [0, 0.1) is 0 Å². The number of rotatable bonds is 2. The van der Waals surface area contributed by atoms with E-state index in [9.17, 15) is 4.79 Å². The van der Waals surface area contributed by atoms with Crippen LogP contribution < -0.4 is 0 Å². The third-order valence-corrected chi connectivity index (χ3v) is 0.566. The number of thiol groups is 1. The van der Waals surface area contributed by atoms with Gasteiger partial charge in [0, 0.05) is 0 Å². The van der Waals surface area contributed by atoms with Gasteiger partial charge >= 0.3 is 5.97 Å². The Labute approximate surface area is 57.1 Å². The smallest absolute Gasteiger partial charge is 0.341 e. The summed E-state index contributed by atoms with van der Waals surface area (Å²) in [4.78, 5) is 9.69. The van der Waals surface area contributed by atoms with E-state index in [0.717, 1.165) is 0 Å². The molecule has 0 radical (unpaired) electrons. The van der Waals surface area contributed by atoms with Gasteiger partial charge in [-0.3, -0.25) is 0 Å².